The quantitative estimate of drug-likeness (QED) is 0.434. The number of hydrogen-bond donors (Lipinski definition) is 0. The number of halogens is 3. The van der Waals surface area contributed by atoms with Crippen molar-refractivity contribution in [3.63, 3.8) is 0 Å². The van der Waals surface area contributed by atoms with Gasteiger partial charge in [-0.05, 0) is 25.0 Å². The van der Waals surface area contributed by atoms with Crippen LogP contribution in [0.2, 0.25) is 0 Å². The number of imide groups is 1. The number of fused-ring (bicyclic) bond motifs is 1. The van der Waals surface area contributed by atoms with Crippen molar-refractivity contribution in [2.45, 2.75) is 25.4 Å². The molecule has 0 atom stereocenters. The number of piperazine rings is 1. The Labute approximate surface area is 178 Å². The van der Waals surface area contributed by atoms with Crippen molar-refractivity contribution in [1.82, 2.24) is 14.7 Å². The van der Waals surface area contributed by atoms with Crippen LogP contribution in [0.25, 0.3) is 0 Å². The summed E-state index contributed by atoms with van der Waals surface area (Å²) in [5.74, 6) is -0.661. The molecule has 0 saturated carbocycles. The third-order valence-electron chi connectivity index (χ3n) is 5.40. The first-order valence-corrected chi connectivity index (χ1v) is 10.4. The number of benzene rings is 1. The molecule has 1 aromatic rings. The molecule has 3 rings (SSSR count). The van der Waals surface area contributed by atoms with Gasteiger partial charge >= 0.3 is 6.18 Å². The molecule has 0 unspecified atom stereocenters. The Morgan fingerprint density at radius 3 is 2.13 bits per heavy atom. The van der Waals surface area contributed by atoms with Gasteiger partial charge in [-0.1, -0.05) is 12.1 Å². The summed E-state index contributed by atoms with van der Waals surface area (Å²) in [5.41, 5.74) is 0.803. The van der Waals surface area contributed by atoms with Crippen LogP contribution in [0, 0.1) is 0 Å². The summed E-state index contributed by atoms with van der Waals surface area (Å²) >= 11 is 0. The van der Waals surface area contributed by atoms with Crippen LogP contribution in [0.3, 0.4) is 0 Å². The summed E-state index contributed by atoms with van der Waals surface area (Å²) in [6.07, 6.45) is -3.14. The lowest BCUT2D eigenvalue weighted by atomic mass is 10.1. The van der Waals surface area contributed by atoms with Crippen molar-refractivity contribution >= 4 is 17.7 Å². The van der Waals surface area contributed by atoms with Crippen LogP contribution in [-0.4, -0.2) is 91.1 Å². The van der Waals surface area contributed by atoms with Gasteiger partial charge < -0.3 is 9.64 Å². The van der Waals surface area contributed by atoms with Gasteiger partial charge in [0.2, 0.25) is 5.91 Å². The minimum Gasteiger partial charge on any atom is -0.372 e. The van der Waals surface area contributed by atoms with E-state index in [2.05, 4.69) is 9.64 Å². The molecule has 0 aliphatic carbocycles. The van der Waals surface area contributed by atoms with E-state index >= 15 is 0 Å². The van der Waals surface area contributed by atoms with E-state index in [0.29, 0.717) is 56.7 Å². The van der Waals surface area contributed by atoms with Crippen molar-refractivity contribution in [2.75, 3.05) is 52.5 Å². The molecule has 3 amide bonds. The zero-order chi connectivity index (χ0) is 22.4. The van der Waals surface area contributed by atoms with Gasteiger partial charge in [0.1, 0.15) is 6.61 Å². The van der Waals surface area contributed by atoms with Crippen LogP contribution in [0.1, 0.15) is 40.0 Å². The minimum atomic E-state index is -4.30. The Kier molecular flexibility index (Phi) is 7.66. The Morgan fingerprint density at radius 2 is 1.55 bits per heavy atom. The number of carbonyl (C=O) groups is 3. The van der Waals surface area contributed by atoms with Crippen LogP contribution in [-0.2, 0) is 9.53 Å². The predicted molar refractivity (Wildman–Crippen MR) is 106 cm³/mol. The molecule has 1 saturated heterocycles. The molecular weight excluding hydrogens is 415 g/mol. The summed E-state index contributed by atoms with van der Waals surface area (Å²) in [7, 11) is 0. The highest BCUT2D eigenvalue weighted by Crippen LogP contribution is 2.22. The Hall–Kier alpha value is -2.46. The van der Waals surface area contributed by atoms with Crippen molar-refractivity contribution in [1.29, 1.82) is 0 Å². The van der Waals surface area contributed by atoms with Gasteiger partial charge in [-0.3, -0.25) is 24.2 Å². The molecule has 1 aromatic carbocycles. The average molecular weight is 441 g/mol. The maximum Gasteiger partial charge on any atom is 0.411 e. The topological polar surface area (TPSA) is 70.2 Å². The maximum absolute atomic E-state index is 12.4. The number of amides is 3. The molecule has 2 aliphatic rings. The number of ether oxygens (including phenoxy) is 1. The van der Waals surface area contributed by atoms with Gasteiger partial charge in [-0.25, -0.2) is 0 Å². The fraction of sp³-hybridized carbons (Fsp3) is 0.571. The average Bonchev–Trinajstić information content (AvgIpc) is 2.98. The first kappa shape index (κ1) is 23.2. The lowest BCUT2D eigenvalue weighted by molar-refractivity contribution is -0.174. The monoisotopic (exact) mass is 441 g/mol. The number of rotatable bonds is 9. The van der Waals surface area contributed by atoms with Crippen molar-refractivity contribution < 1.29 is 32.3 Å². The summed E-state index contributed by atoms with van der Waals surface area (Å²) in [4.78, 5) is 42.2. The van der Waals surface area contributed by atoms with Crippen LogP contribution in [0.4, 0.5) is 13.2 Å². The third-order valence-corrected chi connectivity index (χ3v) is 5.40. The Morgan fingerprint density at radius 1 is 0.935 bits per heavy atom. The van der Waals surface area contributed by atoms with E-state index in [1.54, 1.807) is 29.2 Å². The normalized spacial score (nSPS) is 17.4. The zero-order valence-corrected chi connectivity index (χ0v) is 17.2. The Balaban J connectivity index is 1.31. The number of alkyl halides is 3. The Bertz CT molecular complexity index is 772. The molecule has 31 heavy (non-hydrogen) atoms. The van der Waals surface area contributed by atoms with Crippen LogP contribution in [0.5, 0.6) is 0 Å². The fourth-order valence-electron chi connectivity index (χ4n) is 3.79. The lowest BCUT2D eigenvalue weighted by Gasteiger charge is -2.34. The van der Waals surface area contributed by atoms with E-state index in [1.807, 2.05) is 0 Å². The molecule has 10 heteroatoms. The highest BCUT2D eigenvalue weighted by molar-refractivity contribution is 6.21. The minimum absolute atomic E-state index is 0.0234. The van der Waals surface area contributed by atoms with E-state index in [-0.39, 0.29) is 37.3 Å². The van der Waals surface area contributed by atoms with E-state index < -0.39 is 12.8 Å². The molecule has 2 aliphatic heterocycles. The van der Waals surface area contributed by atoms with Crippen molar-refractivity contribution in [3.05, 3.63) is 35.4 Å². The molecule has 0 radical (unpaired) electrons. The van der Waals surface area contributed by atoms with Gasteiger partial charge in [-0.2, -0.15) is 13.2 Å². The van der Waals surface area contributed by atoms with Gasteiger partial charge in [0.15, 0.2) is 0 Å². The molecule has 0 N–H and O–H groups in total. The molecule has 0 aromatic heterocycles. The van der Waals surface area contributed by atoms with E-state index in [0.717, 1.165) is 0 Å². The molecule has 0 spiro atoms. The van der Waals surface area contributed by atoms with Crippen molar-refractivity contribution in [2.24, 2.45) is 0 Å². The van der Waals surface area contributed by atoms with Crippen LogP contribution in [0.15, 0.2) is 24.3 Å². The SMILES string of the molecule is O=C(CCCN1C(=O)c2ccccc2C1=O)N1CCN(CCCOCC(F)(F)F)CC1. The highest BCUT2D eigenvalue weighted by Gasteiger charge is 2.34. The van der Waals surface area contributed by atoms with Gasteiger partial charge in [0, 0.05) is 52.3 Å². The molecule has 7 nitrogen and oxygen atoms in total. The second kappa shape index (κ2) is 10.2. The molecule has 2 heterocycles. The second-order valence-electron chi connectivity index (χ2n) is 7.65. The molecular formula is C21H26F3N3O4. The van der Waals surface area contributed by atoms with Gasteiger partial charge in [0.05, 0.1) is 11.1 Å². The van der Waals surface area contributed by atoms with E-state index in [9.17, 15) is 27.6 Å². The van der Waals surface area contributed by atoms with Gasteiger partial charge in [0.25, 0.3) is 11.8 Å². The maximum atomic E-state index is 12.4. The first-order chi connectivity index (χ1) is 14.8. The summed E-state index contributed by atoms with van der Waals surface area (Å²) in [6.45, 7) is 2.07. The summed E-state index contributed by atoms with van der Waals surface area (Å²) < 4.78 is 40.7. The largest absolute Gasteiger partial charge is 0.411 e. The number of hydrogen-bond acceptors (Lipinski definition) is 5. The molecule has 0 bridgehead atoms. The standard InChI is InChI=1S/C21H26F3N3O4/c22-21(23,24)15-31-14-4-8-25-10-12-26(13-11-25)18(28)7-3-9-27-19(29)16-5-1-2-6-17(16)20(27)30/h1-2,5-6H,3-4,7-15H2. The molecule has 170 valence electrons. The lowest BCUT2D eigenvalue weighted by Crippen LogP contribution is -2.49. The second-order valence-corrected chi connectivity index (χ2v) is 7.65. The highest BCUT2D eigenvalue weighted by atomic mass is 19.4. The van der Waals surface area contributed by atoms with Crippen LogP contribution >= 0.6 is 0 Å². The third kappa shape index (κ3) is 6.27. The predicted octanol–water partition coefficient (Wildman–Crippen LogP) is 2.18. The van der Waals surface area contributed by atoms with E-state index in [4.69, 9.17) is 0 Å². The van der Waals surface area contributed by atoms with E-state index in [1.165, 1.54) is 4.90 Å². The molecule has 1 fully saturated rings. The fourth-order valence-corrected chi connectivity index (χ4v) is 3.79. The number of nitrogens with zero attached hydrogens (tertiary/aromatic N) is 3. The van der Waals surface area contributed by atoms with Crippen LogP contribution < -0.4 is 0 Å². The zero-order valence-electron chi connectivity index (χ0n) is 17.2. The summed E-state index contributed by atoms with van der Waals surface area (Å²) in [5, 5.41) is 0. The number of carbonyl (C=O) groups excluding carboxylic acids is 3. The first-order valence-electron chi connectivity index (χ1n) is 10.4. The van der Waals surface area contributed by atoms with Gasteiger partial charge in [-0.15, -0.1) is 0 Å². The summed E-state index contributed by atoms with van der Waals surface area (Å²) in [6, 6.07) is 6.68. The van der Waals surface area contributed by atoms with Crippen molar-refractivity contribution in [3.8, 4) is 0 Å². The smallest absolute Gasteiger partial charge is 0.372 e.